The van der Waals surface area contributed by atoms with Gasteiger partial charge in [0.1, 0.15) is 0 Å². The lowest BCUT2D eigenvalue weighted by Gasteiger charge is -2.17. The fourth-order valence-electron chi connectivity index (χ4n) is 2.37. The van der Waals surface area contributed by atoms with Crippen molar-refractivity contribution in [1.82, 2.24) is 15.1 Å². The average Bonchev–Trinajstić information content (AvgIpc) is 2.85. The molecule has 1 unspecified atom stereocenters. The lowest BCUT2D eigenvalue weighted by molar-refractivity contribution is 0.561. The first-order valence-corrected chi connectivity index (χ1v) is 8.23. The van der Waals surface area contributed by atoms with Crippen molar-refractivity contribution in [3.8, 4) is 0 Å². The van der Waals surface area contributed by atoms with E-state index in [2.05, 4.69) is 53.9 Å². The summed E-state index contributed by atoms with van der Waals surface area (Å²) in [5.74, 6) is 0. The Balaban J connectivity index is 2.16. The van der Waals surface area contributed by atoms with Crippen molar-refractivity contribution in [3.63, 3.8) is 0 Å². The van der Waals surface area contributed by atoms with Gasteiger partial charge in [0.2, 0.25) is 0 Å². The van der Waals surface area contributed by atoms with Crippen LogP contribution >= 0.6 is 11.8 Å². The van der Waals surface area contributed by atoms with Crippen molar-refractivity contribution in [1.29, 1.82) is 0 Å². The van der Waals surface area contributed by atoms with Crippen LogP contribution < -0.4 is 5.32 Å². The Bertz CT molecular complexity index is 545. The zero-order chi connectivity index (χ0) is 14.5. The molecule has 0 amide bonds. The number of hydrogen-bond acceptors (Lipinski definition) is 3. The summed E-state index contributed by atoms with van der Waals surface area (Å²) in [6.07, 6.45) is 4.05. The highest BCUT2D eigenvalue weighted by Crippen LogP contribution is 2.22. The van der Waals surface area contributed by atoms with Crippen LogP contribution in [0.5, 0.6) is 0 Å². The minimum absolute atomic E-state index is 0.325. The molecule has 0 saturated carbocycles. The number of hydrogen-bond donors (Lipinski definition) is 1. The van der Waals surface area contributed by atoms with E-state index in [-0.39, 0.29) is 0 Å². The molecule has 2 aromatic rings. The molecule has 2 rings (SSSR count). The third kappa shape index (κ3) is 3.44. The number of thioether (sulfide) groups is 1. The summed E-state index contributed by atoms with van der Waals surface area (Å²) in [6, 6.07) is 11.3. The van der Waals surface area contributed by atoms with Crippen molar-refractivity contribution in [2.45, 2.75) is 30.7 Å². The third-order valence-corrected chi connectivity index (χ3v) is 4.41. The van der Waals surface area contributed by atoms with Crippen LogP contribution in [0.15, 0.2) is 35.2 Å². The highest BCUT2D eigenvalue weighted by Gasteiger charge is 2.13. The second-order valence-electron chi connectivity index (χ2n) is 4.92. The van der Waals surface area contributed by atoms with E-state index in [1.807, 2.05) is 18.8 Å². The van der Waals surface area contributed by atoms with E-state index in [1.165, 1.54) is 16.2 Å². The van der Waals surface area contributed by atoms with Crippen LogP contribution in [0, 0.1) is 0 Å². The molecule has 1 N–H and O–H groups in total. The Kier molecular flexibility index (Phi) is 5.26. The topological polar surface area (TPSA) is 29.9 Å². The van der Waals surface area contributed by atoms with Crippen LogP contribution in [0.3, 0.4) is 0 Å². The largest absolute Gasteiger partial charge is 0.313 e. The molecule has 1 aromatic heterocycles. The number of rotatable bonds is 6. The number of aryl methyl sites for hydroxylation is 2. The van der Waals surface area contributed by atoms with Gasteiger partial charge in [-0.2, -0.15) is 5.10 Å². The summed E-state index contributed by atoms with van der Waals surface area (Å²) < 4.78 is 2.00. The fraction of sp³-hybridized carbons (Fsp3) is 0.438. The summed E-state index contributed by atoms with van der Waals surface area (Å²) in [6.45, 7) is 2.14. The lowest BCUT2D eigenvalue weighted by Crippen LogP contribution is -2.20. The van der Waals surface area contributed by atoms with Crippen molar-refractivity contribution >= 4 is 11.8 Å². The second-order valence-corrected chi connectivity index (χ2v) is 5.80. The van der Waals surface area contributed by atoms with Crippen molar-refractivity contribution in [2.75, 3.05) is 13.3 Å². The van der Waals surface area contributed by atoms with Gasteiger partial charge < -0.3 is 5.32 Å². The predicted octanol–water partition coefficient (Wildman–Crippen LogP) is 3.21. The summed E-state index contributed by atoms with van der Waals surface area (Å²) in [5.41, 5.74) is 3.76. The van der Waals surface area contributed by atoms with Gasteiger partial charge in [-0.1, -0.05) is 19.1 Å². The minimum atomic E-state index is 0.325. The maximum Gasteiger partial charge on any atom is 0.0624 e. The van der Waals surface area contributed by atoms with Gasteiger partial charge in [0, 0.05) is 30.1 Å². The zero-order valence-corrected chi connectivity index (χ0v) is 13.5. The van der Waals surface area contributed by atoms with Gasteiger partial charge in [-0.05, 0) is 43.5 Å². The maximum absolute atomic E-state index is 4.52. The smallest absolute Gasteiger partial charge is 0.0624 e. The molecule has 1 atom stereocenters. The van der Waals surface area contributed by atoms with Crippen molar-refractivity contribution in [3.05, 3.63) is 47.3 Å². The standard InChI is InChI=1S/C16H23N3S/c1-5-13-10-14(19(3)18-13)11-16(17-2)12-6-8-15(20-4)9-7-12/h6-10,16-17H,5,11H2,1-4H3. The fourth-order valence-corrected chi connectivity index (χ4v) is 2.78. The van der Waals surface area contributed by atoms with Gasteiger partial charge in [0.25, 0.3) is 0 Å². The van der Waals surface area contributed by atoms with Crippen LogP contribution in [0.2, 0.25) is 0 Å². The molecule has 20 heavy (non-hydrogen) atoms. The molecular weight excluding hydrogens is 266 g/mol. The molecule has 0 radical (unpaired) electrons. The van der Waals surface area contributed by atoms with E-state index < -0.39 is 0 Å². The highest BCUT2D eigenvalue weighted by molar-refractivity contribution is 7.98. The summed E-state index contributed by atoms with van der Waals surface area (Å²) in [4.78, 5) is 1.30. The van der Waals surface area contributed by atoms with Crippen LogP contribution in [-0.2, 0) is 19.9 Å². The molecule has 0 fully saturated rings. The molecule has 3 nitrogen and oxygen atoms in total. The first-order valence-electron chi connectivity index (χ1n) is 7.01. The van der Waals surface area contributed by atoms with Gasteiger partial charge in [-0.3, -0.25) is 4.68 Å². The normalized spacial score (nSPS) is 12.6. The molecule has 0 aliphatic heterocycles. The maximum atomic E-state index is 4.52. The average molecular weight is 289 g/mol. The highest BCUT2D eigenvalue weighted by atomic mass is 32.2. The van der Waals surface area contributed by atoms with Crippen LogP contribution in [0.4, 0.5) is 0 Å². The van der Waals surface area contributed by atoms with Gasteiger partial charge in [-0.25, -0.2) is 0 Å². The van der Waals surface area contributed by atoms with Crippen LogP contribution in [-0.4, -0.2) is 23.1 Å². The van der Waals surface area contributed by atoms with Gasteiger partial charge >= 0.3 is 0 Å². The lowest BCUT2D eigenvalue weighted by atomic mass is 10.0. The Labute approximate surface area is 125 Å². The molecule has 0 aliphatic carbocycles. The number of likely N-dealkylation sites (N-methyl/N-ethyl adjacent to an activating group) is 1. The monoisotopic (exact) mass is 289 g/mol. The number of aromatic nitrogens is 2. The molecular formula is C16H23N3S. The van der Waals surface area contributed by atoms with Gasteiger partial charge in [-0.15, -0.1) is 11.8 Å². The summed E-state index contributed by atoms with van der Waals surface area (Å²) in [5, 5.41) is 7.93. The van der Waals surface area contributed by atoms with E-state index in [0.717, 1.165) is 18.5 Å². The van der Waals surface area contributed by atoms with Gasteiger partial charge in [0.05, 0.1) is 5.69 Å². The molecule has 0 aliphatic rings. The molecule has 0 spiro atoms. The zero-order valence-electron chi connectivity index (χ0n) is 12.7. The van der Waals surface area contributed by atoms with Crippen molar-refractivity contribution in [2.24, 2.45) is 7.05 Å². The van der Waals surface area contributed by atoms with E-state index in [1.54, 1.807) is 11.8 Å². The summed E-state index contributed by atoms with van der Waals surface area (Å²) in [7, 11) is 4.04. The minimum Gasteiger partial charge on any atom is -0.313 e. The first kappa shape index (κ1) is 15.1. The SMILES string of the molecule is CCc1cc(CC(NC)c2ccc(SC)cc2)n(C)n1. The number of nitrogens with one attached hydrogen (secondary N) is 1. The summed E-state index contributed by atoms with van der Waals surface area (Å²) >= 11 is 1.78. The Hall–Kier alpha value is -1.26. The molecule has 1 aromatic carbocycles. The Morgan fingerprint density at radius 1 is 1.30 bits per heavy atom. The van der Waals surface area contributed by atoms with Crippen molar-refractivity contribution < 1.29 is 0 Å². The predicted molar refractivity (Wildman–Crippen MR) is 86.3 cm³/mol. The van der Waals surface area contributed by atoms with Gasteiger partial charge in [0.15, 0.2) is 0 Å². The first-order chi connectivity index (χ1) is 9.67. The van der Waals surface area contributed by atoms with E-state index in [9.17, 15) is 0 Å². The number of benzene rings is 1. The molecule has 4 heteroatoms. The molecule has 108 valence electrons. The van der Waals surface area contributed by atoms with E-state index in [0.29, 0.717) is 6.04 Å². The Morgan fingerprint density at radius 3 is 2.50 bits per heavy atom. The Morgan fingerprint density at radius 2 is 2.00 bits per heavy atom. The third-order valence-electron chi connectivity index (χ3n) is 3.67. The van der Waals surface area contributed by atoms with E-state index in [4.69, 9.17) is 0 Å². The molecule has 0 bridgehead atoms. The quantitative estimate of drug-likeness (QED) is 0.828. The second kappa shape index (κ2) is 6.95. The van der Waals surface area contributed by atoms with E-state index >= 15 is 0 Å². The molecule has 1 heterocycles. The number of nitrogens with zero attached hydrogens (tertiary/aromatic N) is 2. The van der Waals surface area contributed by atoms with Crippen LogP contribution in [0.1, 0.15) is 29.9 Å². The molecule has 0 saturated heterocycles. The van der Waals surface area contributed by atoms with Crippen LogP contribution in [0.25, 0.3) is 0 Å².